The summed E-state index contributed by atoms with van der Waals surface area (Å²) in [5.41, 5.74) is 7.72. The van der Waals surface area contributed by atoms with Crippen LogP contribution in [0.25, 0.3) is 0 Å². The number of benzene rings is 1. The van der Waals surface area contributed by atoms with Gasteiger partial charge in [-0.3, -0.25) is 0 Å². The first-order valence-electron chi connectivity index (χ1n) is 5.71. The molecule has 0 fully saturated rings. The van der Waals surface area contributed by atoms with Crippen LogP contribution in [0.5, 0.6) is 5.75 Å². The summed E-state index contributed by atoms with van der Waals surface area (Å²) in [7, 11) is 3.71. The zero-order chi connectivity index (χ0) is 13.0. The zero-order valence-electron chi connectivity index (χ0n) is 10.6. The highest BCUT2D eigenvalue weighted by Gasteiger charge is 2.06. The standard InChI is InChI=1S/C13H17N3OS/c1-16(8-10-9-18-13(7-14)15-10)11-4-3-5-12(6-11)17-2/h3-6,9H,7-8,14H2,1-2H3. The van der Waals surface area contributed by atoms with Crippen LogP contribution in [0.1, 0.15) is 10.7 Å². The Balaban J connectivity index is 2.08. The van der Waals surface area contributed by atoms with Crippen molar-refractivity contribution >= 4 is 17.0 Å². The third-order valence-electron chi connectivity index (χ3n) is 2.67. The average Bonchev–Trinajstić information content (AvgIpc) is 2.86. The fourth-order valence-electron chi connectivity index (χ4n) is 1.70. The van der Waals surface area contributed by atoms with Gasteiger partial charge < -0.3 is 15.4 Å². The van der Waals surface area contributed by atoms with Crippen LogP contribution in [0.3, 0.4) is 0 Å². The van der Waals surface area contributed by atoms with Crippen molar-refractivity contribution in [2.24, 2.45) is 5.73 Å². The third kappa shape index (κ3) is 3.00. The van der Waals surface area contributed by atoms with Crippen LogP contribution in [-0.4, -0.2) is 19.1 Å². The van der Waals surface area contributed by atoms with Crippen molar-refractivity contribution in [3.05, 3.63) is 40.3 Å². The van der Waals surface area contributed by atoms with Gasteiger partial charge in [0.15, 0.2) is 0 Å². The Morgan fingerprint density at radius 2 is 2.28 bits per heavy atom. The van der Waals surface area contributed by atoms with Gasteiger partial charge >= 0.3 is 0 Å². The minimum absolute atomic E-state index is 0.507. The van der Waals surface area contributed by atoms with Gasteiger partial charge in [0, 0.05) is 30.7 Å². The first-order chi connectivity index (χ1) is 8.72. The van der Waals surface area contributed by atoms with Crippen molar-refractivity contribution in [3.8, 4) is 5.75 Å². The van der Waals surface area contributed by atoms with Crippen molar-refractivity contribution in [3.63, 3.8) is 0 Å². The van der Waals surface area contributed by atoms with E-state index in [0.717, 1.165) is 28.7 Å². The number of nitrogens with zero attached hydrogens (tertiary/aromatic N) is 2. The molecule has 2 aromatic rings. The monoisotopic (exact) mass is 263 g/mol. The summed E-state index contributed by atoms with van der Waals surface area (Å²) in [4.78, 5) is 6.59. The Morgan fingerprint density at radius 3 is 2.94 bits per heavy atom. The fourth-order valence-corrected chi connectivity index (χ4v) is 2.36. The Morgan fingerprint density at radius 1 is 1.44 bits per heavy atom. The first kappa shape index (κ1) is 12.9. The number of rotatable bonds is 5. The lowest BCUT2D eigenvalue weighted by atomic mass is 10.2. The van der Waals surface area contributed by atoms with E-state index in [1.165, 1.54) is 0 Å². The number of thiazole rings is 1. The van der Waals surface area contributed by atoms with Gasteiger partial charge in [-0.15, -0.1) is 11.3 Å². The van der Waals surface area contributed by atoms with Gasteiger partial charge in [-0.25, -0.2) is 4.98 Å². The molecule has 0 saturated carbocycles. The Kier molecular flexibility index (Phi) is 4.17. The van der Waals surface area contributed by atoms with Gasteiger partial charge in [0.1, 0.15) is 10.8 Å². The molecule has 0 spiro atoms. The highest BCUT2D eigenvalue weighted by Crippen LogP contribution is 2.21. The zero-order valence-corrected chi connectivity index (χ0v) is 11.4. The van der Waals surface area contributed by atoms with Gasteiger partial charge in [-0.2, -0.15) is 0 Å². The van der Waals surface area contributed by atoms with E-state index in [9.17, 15) is 0 Å². The van der Waals surface area contributed by atoms with E-state index in [2.05, 4.69) is 21.3 Å². The second-order valence-corrected chi connectivity index (χ2v) is 4.94. The number of anilines is 1. The Labute approximate surface area is 111 Å². The quantitative estimate of drug-likeness (QED) is 0.899. The molecule has 1 heterocycles. The molecule has 0 radical (unpaired) electrons. The summed E-state index contributed by atoms with van der Waals surface area (Å²) in [6.45, 7) is 1.28. The molecule has 4 nitrogen and oxygen atoms in total. The lowest BCUT2D eigenvalue weighted by Gasteiger charge is -2.18. The molecular weight excluding hydrogens is 246 g/mol. The summed E-state index contributed by atoms with van der Waals surface area (Å²) < 4.78 is 5.22. The molecule has 0 saturated heterocycles. The molecule has 1 aromatic carbocycles. The normalized spacial score (nSPS) is 10.4. The van der Waals surface area contributed by atoms with Crippen LogP contribution in [0.4, 0.5) is 5.69 Å². The van der Waals surface area contributed by atoms with Crippen LogP contribution in [0.2, 0.25) is 0 Å². The number of nitrogens with two attached hydrogens (primary N) is 1. The Bertz CT molecular complexity index is 512. The van der Waals surface area contributed by atoms with Crippen LogP contribution in [-0.2, 0) is 13.1 Å². The second-order valence-electron chi connectivity index (χ2n) is 3.99. The molecule has 0 bridgehead atoms. The highest BCUT2D eigenvalue weighted by atomic mass is 32.1. The topological polar surface area (TPSA) is 51.4 Å². The average molecular weight is 263 g/mol. The van der Waals surface area contributed by atoms with Gasteiger partial charge in [0.2, 0.25) is 0 Å². The second kappa shape index (κ2) is 5.84. The largest absolute Gasteiger partial charge is 0.497 e. The van der Waals surface area contributed by atoms with Crippen molar-refractivity contribution in [2.75, 3.05) is 19.1 Å². The van der Waals surface area contributed by atoms with E-state index in [0.29, 0.717) is 6.54 Å². The lowest BCUT2D eigenvalue weighted by molar-refractivity contribution is 0.415. The molecule has 96 valence electrons. The number of hydrogen-bond donors (Lipinski definition) is 1. The maximum absolute atomic E-state index is 5.56. The molecule has 5 heteroatoms. The predicted octanol–water partition coefficient (Wildman–Crippen LogP) is 2.25. The maximum atomic E-state index is 5.56. The summed E-state index contributed by atoms with van der Waals surface area (Å²) in [6, 6.07) is 7.98. The Hall–Kier alpha value is -1.59. The fraction of sp³-hybridized carbons (Fsp3) is 0.308. The number of hydrogen-bond acceptors (Lipinski definition) is 5. The van der Waals surface area contributed by atoms with Crippen LogP contribution >= 0.6 is 11.3 Å². The number of aromatic nitrogens is 1. The minimum Gasteiger partial charge on any atom is -0.497 e. The number of methoxy groups -OCH3 is 1. The van der Waals surface area contributed by atoms with Gasteiger partial charge in [0.25, 0.3) is 0 Å². The lowest BCUT2D eigenvalue weighted by Crippen LogP contribution is -2.16. The van der Waals surface area contributed by atoms with E-state index >= 15 is 0 Å². The van der Waals surface area contributed by atoms with E-state index in [1.807, 2.05) is 25.2 Å². The van der Waals surface area contributed by atoms with Crippen molar-refractivity contribution in [1.82, 2.24) is 4.98 Å². The molecule has 0 aliphatic heterocycles. The summed E-state index contributed by atoms with van der Waals surface area (Å²) in [6.07, 6.45) is 0. The summed E-state index contributed by atoms with van der Waals surface area (Å²) in [5.74, 6) is 0.861. The van der Waals surface area contributed by atoms with E-state index < -0.39 is 0 Å². The predicted molar refractivity (Wildman–Crippen MR) is 75.1 cm³/mol. The van der Waals surface area contributed by atoms with Crippen molar-refractivity contribution < 1.29 is 4.74 Å². The molecule has 0 amide bonds. The number of ether oxygens (including phenoxy) is 1. The molecule has 18 heavy (non-hydrogen) atoms. The highest BCUT2D eigenvalue weighted by molar-refractivity contribution is 7.09. The van der Waals surface area contributed by atoms with Crippen molar-refractivity contribution in [1.29, 1.82) is 0 Å². The molecule has 0 aliphatic rings. The SMILES string of the molecule is COc1cccc(N(C)Cc2csc(CN)n2)c1. The maximum Gasteiger partial charge on any atom is 0.120 e. The molecule has 0 unspecified atom stereocenters. The van der Waals surface area contributed by atoms with Crippen LogP contribution in [0, 0.1) is 0 Å². The molecule has 2 N–H and O–H groups in total. The van der Waals surface area contributed by atoms with E-state index in [-0.39, 0.29) is 0 Å². The molecule has 0 aliphatic carbocycles. The van der Waals surface area contributed by atoms with Crippen molar-refractivity contribution in [2.45, 2.75) is 13.1 Å². The molecule has 0 atom stereocenters. The van der Waals surface area contributed by atoms with Gasteiger partial charge in [-0.05, 0) is 12.1 Å². The smallest absolute Gasteiger partial charge is 0.120 e. The first-order valence-corrected chi connectivity index (χ1v) is 6.59. The van der Waals surface area contributed by atoms with Gasteiger partial charge in [-0.1, -0.05) is 6.07 Å². The van der Waals surface area contributed by atoms with Crippen LogP contribution in [0.15, 0.2) is 29.6 Å². The van der Waals surface area contributed by atoms with E-state index in [1.54, 1.807) is 18.4 Å². The molecular formula is C13H17N3OS. The summed E-state index contributed by atoms with van der Waals surface area (Å²) in [5, 5.41) is 3.03. The molecule has 2 rings (SSSR count). The minimum atomic E-state index is 0.507. The summed E-state index contributed by atoms with van der Waals surface area (Å²) >= 11 is 1.61. The van der Waals surface area contributed by atoms with Gasteiger partial charge in [0.05, 0.1) is 19.3 Å². The molecule has 1 aromatic heterocycles. The van der Waals surface area contributed by atoms with E-state index in [4.69, 9.17) is 10.5 Å². The van der Waals surface area contributed by atoms with Crippen LogP contribution < -0.4 is 15.4 Å². The third-order valence-corrected chi connectivity index (χ3v) is 3.59.